The van der Waals surface area contributed by atoms with Crippen LogP contribution in [0.4, 0.5) is 0 Å². The quantitative estimate of drug-likeness (QED) is 0.638. The minimum Gasteiger partial charge on any atom is -0.366 e. The summed E-state index contributed by atoms with van der Waals surface area (Å²) in [4.78, 5) is 12.0. The number of hydrogen-bond acceptors (Lipinski definition) is 2. The summed E-state index contributed by atoms with van der Waals surface area (Å²) in [5.41, 5.74) is 1.71. The normalized spacial score (nSPS) is 51.0. The number of carbonyl (C=O) groups is 1. The fraction of sp³-hybridized carbons (Fsp3) is 0.696. The molecular formula is C23H30O2. The van der Waals surface area contributed by atoms with Gasteiger partial charge in [0.2, 0.25) is 0 Å². The molecule has 0 radical (unpaired) electrons. The van der Waals surface area contributed by atoms with Crippen molar-refractivity contribution in [1.29, 1.82) is 0 Å². The van der Waals surface area contributed by atoms with Crippen molar-refractivity contribution in [1.82, 2.24) is 0 Å². The zero-order valence-corrected chi connectivity index (χ0v) is 15.4. The molecule has 134 valence electrons. The van der Waals surface area contributed by atoms with Crippen LogP contribution in [0.2, 0.25) is 0 Å². The second-order valence-corrected chi connectivity index (χ2v) is 9.38. The summed E-state index contributed by atoms with van der Waals surface area (Å²) in [6, 6.07) is 0. The number of hydrogen-bond donors (Lipinski definition) is 0. The van der Waals surface area contributed by atoms with Crippen molar-refractivity contribution in [2.75, 3.05) is 6.61 Å². The maximum atomic E-state index is 12.0. The minimum atomic E-state index is -0.00694. The molecule has 0 bridgehead atoms. The molecule has 2 heteroatoms. The van der Waals surface area contributed by atoms with Gasteiger partial charge in [0.25, 0.3) is 0 Å². The molecule has 4 aliphatic carbocycles. The van der Waals surface area contributed by atoms with Gasteiger partial charge >= 0.3 is 0 Å². The lowest BCUT2D eigenvalue weighted by Gasteiger charge is -2.57. The molecule has 5 aliphatic rings. The Balaban J connectivity index is 1.53. The molecule has 3 unspecified atom stereocenters. The first-order chi connectivity index (χ1) is 12.1. The van der Waals surface area contributed by atoms with E-state index in [1.165, 1.54) is 31.3 Å². The molecule has 3 fully saturated rings. The summed E-state index contributed by atoms with van der Waals surface area (Å²) in [6.07, 6.45) is 16.8. The lowest BCUT2D eigenvalue weighted by Crippen LogP contribution is -2.54. The van der Waals surface area contributed by atoms with Crippen molar-refractivity contribution in [2.24, 2.45) is 35.0 Å². The molecule has 0 amide bonds. The van der Waals surface area contributed by atoms with E-state index in [1.807, 2.05) is 6.08 Å². The van der Waals surface area contributed by atoms with Gasteiger partial charge in [-0.05, 0) is 74.2 Å². The predicted molar refractivity (Wildman–Crippen MR) is 99.0 cm³/mol. The highest BCUT2D eigenvalue weighted by atomic mass is 16.5. The van der Waals surface area contributed by atoms with Crippen molar-refractivity contribution in [3.05, 3.63) is 36.5 Å². The van der Waals surface area contributed by atoms with Crippen LogP contribution in [-0.4, -0.2) is 18.0 Å². The number of ketones is 1. The third kappa shape index (κ3) is 2.04. The zero-order valence-electron chi connectivity index (χ0n) is 15.4. The molecule has 1 spiro atoms. The summed E-state index contributed by atoms with van der Waals surface area (Å²) < 4.78 is 6.35. The summed E-state index contributed by atoms with van der Waals surface area (Å²) in [5, 5.41) is 0. The van der Waals surface area contributed by atoms with Crippen molar-refractivity contribution in [3.8, 4) is 0 Å². The van der Waals surface area contributed by atoms with Crippen molar-refractivity contribution >= 4 is 5.78 Å². The van der Waals surface area contributed by atoms with E-state index in [4.69, 9.17) is 4.74 Å². The van der Waals surface area contributed by atoms with Crippen LogP contribution >= 0.6 is 0 Å². The Kier molecular flexibility index (Phi) is 3.48. The SMILES string of the molecule is C=C[C@H]1CC2=CC(=O)CC[C@@H]2C2CC[C@@]3(C)C(CC[C@@]34C=CCO4)C21. The Hall–Kier alpha value is -1.15. The molecule has 0 aromatic heterocycles. The monoisotopic (exact) mass is 338 g/mol. The topological polar surface area (TPSA) is 26.3 Å². The third-order valence-corrected chi connectivity index (χ3v) is 8.70. The lowest BCUT2D eigenvalue weighted by atomic mass is 9.48. The van der Waals surface area contributed by atoms with Crippen molar-refractivity contribution < 1.29 is 9.53 Å². The molecule has 2 nitrogen and oxygen atoms in total. The summed E-state index contributed by atoms with van der Waals surface area (Å²) in [6.45, 7) is 7.50. The van der Waals surface area contributed by atoms with Crippen molar-refractivity contribution in [2.45, 2.75) is 57.5 Å². The number of rotatable bonds is 1. The summed E-state index contributed by atoms with van der Waals surface area (Å²) in [5.74, 6) is 3.73. The summed E-state index contributed by atoms with van der Waals surface area (Å²) in [7, 11) is 0. The fourth-order valence-electron chi connectivity index (χ4n) is 7.56. The average molecular weight is 338 g/mol. The van der Waals surface area contributed by atoms with E-state index in [-0.39, 0.29) is 11.0 Å². The fourth-order valence-corrected chi connectivity index (χ4v) is 7.56. The first-order valence-corrected chi connectivity index (χ1v) is 10.3. The minimum absolute atomic E-state index is 0.00694. The summed E-state index contributed by atoms with van der Waals surface area (Å²) >= 11 is 0. The van der Waals surface area contributed by atoms with E-state index in [2.05, 4.69) is 31.7 Å². The second kappa shape index (κ2) is 5.42. The molecule has 3 saturated carbocycles. The molecule has 0 N–H and O–H groups in total. The molecule has 7 atom stereocenters. The second-order valence-electron chi connectivity index (χ2n) is 9.38. The largest absolute Gasteiger partial charge is 0.366 e. The Labute approximate surface area is 151 Å². The van der Waals surface area contributed by atoms with Crippen LogP contribution in [0.3, 0.4) is 0 Å². The molecular weight excluding hydrogens is 308 g/mol. The maximum absolute atomic E-state index is 12.0. The molecule has 1 aliphatic heterocycles. The van der Waals surface area contributed by atoms with Gasteiger partial charge in [-0.2, -0.15) is 0 Å². The molecule has 1 heterocycles. The number of ether oxygens (including phenoxy) is 1. The first-order valence-electron chi connectivity index (χ1n) is 10.3. The molecule has 0 aromatic carbocycles. The maximum Gasteiger partial charge on any atom is 0.155 e. The number of carbonyl (C=O) groups excluding carboxylic acids is 1. The Morgan fingerprint density at radius 3 is 2.92 bits per heavy atom. The van der Waals surface area contributed by atoms with E-state index >= 15 is 0 Å². The zero-order chi connectivity index (χ0) is 17.2. The van der Waals surface area contributed by atoms with Gasteiger partial charge in [0, 0.05) is 11.8 Å². The van der Waals surface area contributed by atoms with Crippen molar-refractivity contribution in [3.63, 3.8) is 0 Å². The Morgan fingerprint density at radius 1 is 1.28 bits per heavy atom. The van der Waals surface area contributed by atoms with Crippen LogP contribution in [0.15, 0.2) is 36.5 Å². The average Bonchev–Trinajstić information content (AvgIpc) is 3.20. The van der Waals surface area contributed by atoms with Crippen LogP contribution in [0.25, 0.3) is 0 Å². The predicted octanol–water partition coefficient (Wildman–Crippen LogP) is 4.87. The standard InChI is InChI=1S/C23H30O2/c1-3-15-13-16-14-17(24)5-6-18(16)19-7-10-22(2)20(21(15)19)8-11-23(22)9-4-12-25-23/h3-4,9,14-15,18-21H,1,5-8,10-13H2,2H3/t15-,18-,19?,20?,21?,22-,23-/m0/s1. The van der Waals surface area contributed by atoms with Gasteiger partial charge < -0.3 is 4.74 Å². The lowest BCUT2D eigenvalue weighted by molar-refractivity contribution is -0.121. The molecule has 0 saturated heterocycles. The highest BCUT2D eigenvalue weighted by Crippen LogP contribution is 2.67. The number of allylic oxidation sites excluding steroid dienone is 2. The molecule has 25 heavy (non-hydrogen) atoms. The highest BCUT2D eigenvalue weighted by molar-refractivity contribution is 5.91. The van der Waals surface area contributed by atoms with Gasteiger partial charge in [0.05, 0.1) is 12.2 Å². The third-order valence-electron chi connectivity index (χ3n) is 8.70. The van der Waals surface area contributed by atoms with E-state index < -0.39 is 0 Å². The van der Waals surface area contributed by atoms with Crippen LogP contribution in [-0.2, 0) is 9.53 Å². The van der Waals surface area contributed by atoms with Gasteiger partial charge in [-0.1, -0.05) is 30.7 Å². The molecule has 0 aromatic rings. The Morgan fingerprint density at radius 2 is 2.16 bits per heavy atom. The Bertz CT molecular complexity index is 674. The number of fused-ring (bicyclic) bond motifs is 6. The first kappa shape index (κ1) is 16.1. The van der Waals surface area contributed by atoms with Crippen LogP contribution in [0, 0.1) is 35.0 Å². The van der Waals surface area contributed by atoms with Crippen LogP contribution in [0.1, 0.15) is 51.9 Å². The van der Waals surface area contributed by atoms with Gasteiger partial charge in [-0.3, -0.25) is 4.79 Å². The van der Waals surface area contributed by atoms with Gasteiger partial charge in [-0.25, -0.2) is 0 Å². The van der Waals surface area contributed by atoms with Gasteiger partial charge in [0.1, 0.15) is 0 Å². The van der Waals surface area contributed by atoms with Crippen LogP contribution < -0.4 is 0 Å². The smallest absolute Gasteiger partial charge is 0.155 e. The highest BCUT2D eigenvalue weighted by Gasteiger charge is 2.64. The van der Waals surface area contributed by atoms with E-state index in [1.54, 1.807) is 0 Å². The van der Waals surface area contributed by atoms with E-state index in [9.17, 15) is 4.79 Å². The van der Waals surface area contributed by atoms with Gasteiger partial charge in [0.15, 0.2) is 5.78 Å². The van der Waals surface area contributed by atoms with Gasteiger partial charge in [-0.15, -0.1) is 6.58 Å². The van der Waals surface area contributed by atoms with E-state index in [0.29, 0.717) is 17.6 Å². The van der Waals surface area contributed by atoms with E-state index in [0.717, 1.165) is 43.6 Å². The molecule has 5 rings (SSSR count). The van der Waals surface area contributed by atoms with Crippen LogP contribution in [0.5, 0.6) is 0 Å².